The Hall–Kier alpha value is -1.59. The van der Waals surface area contributed by atoms with Crippen LogP contribution in [-0.2, 0) is 4.79 Å². The number of nitrogens with one attached hydrogen (secondary N) is 1. The van der Waals surface area contributed by atoms with Crippen LogP contribution in [0.25, 0.3) is 0 Å². The van der Waals surface area contributed by atoms with Gasteiger partial charge in [0.15, 0.2) is 0 Å². The Labute approximate surface area is 133 Å². The number of likely N-dealkylation sites (N-methyl/N-ethyl adjacent to an activating group) is 1. The van der Waals surface area contributed by atoms with Crippen molar-refractivity contribution < 1.29 is 4.79 Å². The zero-order valence-electron chi connectivity index (χ0n) is 13.9. The largest absolute Gasteiger partial charge is 0.398 e. The Morgan fingerprint density at radius 3 is 2.50 bits per heavy atom. The molecule has 1 unspecified atom stereocenters. The minimum Gasteiger partial charge on any atom is -0.398 e. The summed E-state index contributed by atoms with van der Waals surface area (Å²) in [4.78, 5) is 17.3. The number of rotatable bonds is 5. The molecule has 1 aromatic carbocycles. The number of nitrogen functional groups attached to an aromatic ring is 1. The molecule has 1 aliphatic rings. The number of carbonyl (C=O) groups excluding carboxylic acids is 1. The van der Waals surface area contributed by atoms with Crippen LogP contribution in [0, 0.1) is 6.92 Å². The highest BCUT2D eigenvalue weighted by molar-refractivity contribution is 5.95. The topological polar surface area (TPSA) is 61.6 Å². The second kappa shape index (κ2) is 7.61. The van der Waals surface area contributed by atoms with E-state index in [0.717, 1.165) is 50.4 Å². The first-order valence-electron chi connectivity index (χ1n) is 8.18. The number of aryl methyl sites for hydroxylation is 1. The third kappa shape index (κ3) is 3.99. The molecule has 0 bridgehead atoms. The Balaban J connectivity index is 1.98. The lowest BCUT2D eigenvalue weighted by atomic mass is 10.1. The Kier molecular flexibility index (Phi) is 5.80. The van der Waals surface area contributed by atoms with Crippen molar-refractivity contribution in [1.82, 2.24) is 9.80 Å². The lowest BCUT2D eigenvalue weighted by Crippen LogP contribution is -2.53. The lowest BCUT2D eigenvalue weighted by Gasteiger charge is -2.38. The SMILES string of the molecule is CCC(C(=O)Nc1ccc(C)c(N)c1)N1CCN(CC)CC1. The maximum atomic E-state index is 12.6. The maximum absolute atomic E-state index is 12.6. The van der Waals surface area contributed by atoms with Crippen LogP contribution in [0.4, 0.5) is 11.4 Å². The van der Waals surface area contributed by atoms with E-state index in [2.05, 4.69) is 29.0 Å². The fraction of sp³-hybridized carbons (Fsp3) is 0.588. The molecular weight excluding hydrogens is 276 g/mol. The third-order valence-corrected chi connectivity index (χ3v) is 4.53. The highest BCUT2D eigenvalue weighted by Crippen LogP contribution is 2.18. The van der Waals surface area contributed by atoms with Gasteiger partial charge in [-0.1, -0.05) is 19.9 Å². The highest BCUT2D eigenvalue weighted by atomic mass is 16.2. The first-order chi connectivity index (χ1) is 10.5. The minimum absolute atomic E-state index is 0.0655. The molecule has 0 aliphatic carbocycles. The average Bonchev–Trinajstić information content (AvgIpc) is 2.52. The molecule has 1 heterocycles. The first kappa shape index (κ1) is 16.8. The van der Waals surface area contributed by atoms with E-state index in [1.807, 2.05) is 25.1 Å². The van der Waals surface area contributed by atoms with Crippen molar-refractivity contribution in [3.05, 3.63) is 23.8 Å². The fourth-order valence-corrected chi connectivity index (χ4v) is 2.94. The highest BCUT2D eigenvalue weighted by Gasteiger charge is 2.27. The van der Waals surface area contributed by atoms with Crippen LogP contribution in [-0.4, -0.2) is 54.5 Å². The smallest absolute Gasteiger partial charge is 0.241 e. The summed E-state index contributed by atoms with van der Waals surface area (Å²) in [5, 5.41) is 3.01. The average molecular weight is 304 g/mol. The molecular formula is C17H28N4O. The molecule has 1 aliphatic heterocycles. The van der Waals surface area contributed by atoms with Gasteiger partial charge in [0.25, 0.3) is 0 Å². The molecule has 22 heavy (non-hydrogen) atoms. The van der Waals surface area contributed by atoms with Gasteiger partial charge in [0.1, 0.15) is 0 Å². The van der Waals surface area contributed by atoms with E-state index < -0.39 is 0 Å². The second-order valence-corrected chi connectivity index (χ2v) is 5.95. The van der Waals surface area contributed by atoms with Crippen molar-refractivity contribution in [2.45, 2.75) is 33.2 Å². The van der Waals surface area contributed by atoms with Crippen molar-refractivity contribution in [1.29, 1.82) is 0 Å². The molecule has 0 saturated carbocycles. The molecule has 1 fully saturated rings. The van der Waals surface area contributed by atoms with Gasteiger partial charge in [-0.15, -0.1) is 0 Å². The van der Waals surface area contributed by atoms with Crippen LogP contribution in [0.2, 0.25) is 0 Å². The van der Waals surface area contributed by atoms with E-state index in [0.29, 0.717) is 5.69 Å². The number of piperazine rings is 1. The Morgan fingerprint density at radius 1 is 1.27 bits per heavy atom. The summed E-state index contributed by atoms with van der Waals surface area (Å²) < 4.78 is 0. The third-order valence-electron chi connectivity index (χ3n) is 4.53. The number of benzene rings is 1. The molecule has 0 aromatic heterocycles. The van der Waals surface area contributed by atoms with Crippen LogP contribution in [0.5, 0.6) is 0 Å². The summed E-state index contributed by atoms with van der Waals surface area (Å²) in [6, 6.07) is 5.60. The van der Waals surface area contributed by atoms with Gasteiger partial charge in [-0.05, 0) is 37.6 Å². The molecule has 5 heteroatoms. The summed E-state index contributed by atoms with van der Waals surface area (Å²) in [5.74, 6) is 0.0655. The quantitative estimate of drug-likeness (QED) is 0.816. The number of hydrogen-bond acceptors (Lipinski definition) is 4. The molecule has 1 atom stereocenters. The number of anilines is 2. The summed E-state index contributed by atoms with van der Waals surface area (Å²) in [5.41, 5.74) is 8.43. The van der Waals surface area contributed by atoms with Gasteiger partial charge in [-0.2, -0.15) is 0 Å². The Morgan fingerprint density at radius 2 is 1.95 bits per heavy atom. The summed E-state index contributed by atoms with van der Waals surface area (Å²) in [6.07, 6.45) is 0.819. The molecule has 1 amide bonds. The number of carbonyl (C=O) groups is 1. The van der Waals surface area contributed by atoms with Crippen molar-refractivity contribution in [3.8, 4) is 0 Å². The molecule has 1 aromatic rings. The van der Waals surface area contributed by atoms with E-state index >= 15 is 0 Å². The van der Waals surface area contributed by atoms with Gasteiger partial charge < -0.3 is 16.0 Å². The maximum Gasteiger partial charge on any atom is 0.241 e. The number of nitrogens with two attached hydrogens (primary N) is 1. The predicted octanol–water partition coefficient (Wildman–Crippen LogP) is 1.93. The monoisotopic (exact) mass is 304 g/mol. The molecule has 0 radical (unpaired) electrons. The fourth-order valence-electron chi connectivity index (χ4n) is 2.94. The summed E-state index contributed by atoms with van der Waals surface area (Å²) >= 11 is 0. The number of nitrogens with zero attached hydrogens (tertiary/aromatic N) is 2. The van der Waals surface area contributed by atoms with Crippen LogP contribution in [0.3, 0.4) is 0 Å². The standard InChI is InChI=1S/C17H28N4O/c1-4-16(21-10-8-20(5-2)9-11-21)17(22)19-14-7-6-13(3)15(18)12-14/h6-7,12,16H,4-5,8-11,18H2,1-3H3,(H,19,22). The van der Waals surface area contributed by atoms with Gasteiger partial charge >= 0.3 is 0 Å². The van der Waals surface area contributed by atoms with Gasteiger partial charge in [-0.25, -0.2) is 0 Å². The zero-order valence-corrected chi connectivity index (χ0v) is 13.9. The Bertz CT molecular complexity index is 509. The molecule has 0 spiro atoms. The number of hydrogen-bond donors (Lipinski definition) is 2. The van der Waals surface area contributed by atoms with Crippen molar-refractivity contribution in [3.63, 3.8) is 0 Å². The van der Waals surface area contributed by atoms with Gasteiger partial charge in [0.05, 0.1) is 6.04 Å². The second-order valence-electron chi connectivity index (χ2n) is 5.95. The summed E-state index contributed by atoms with van der Waals surface area (Å²) in [7, 11) is 0. The van der Waals surface area contributed by atoms with Crippen LogP contribution in [0.15, 0.2) is 18.2 Å². The van der Waals surface area contributed by atoms with E-state index in [9.17, 15) is 4.79 Å². The zero-order chi connectivity index (χ0) is 16.1. The van der Waals surface area contributed by atoms with Crippen molar-refractivity contribution in [2.24, 2.45) is 0 Å². The van der Waals surface area contributed by atoms with Gasteiger partial charge in [0, 0.05) is 37.6 Å². The van der Waals surface area contributed by atoms with E-state index in [1.165, 1.54) is 0 Å². The van der Waals surface area contributed by atoms with Gasteiger partial charge in [-0.3, -0.25) is 9.69 Å². The number of amides is 1. The van der Waals surface area contributed by atoms with E-state index in [1.54, 1.807) is 0 Å². The lowest BCUT2D eigenvalue weighted by molar-refractivity contribution is -0.122. The molecule has 1 saturated heterocycles. The minimum atomic E-state index is -0.0680. The van der Waals surface area contributed by atoms with Crippen molar-refractivity contribution in [2.75, 3.05) is 43.8 Å². The molecule has 2 rings (SSSR count). The molecule has 5 nitrogen and oxygen atoms in total. The van der Waals surface area contributed by atoms with E-state index in [4.69, 9.17) is 5.73 Å². The normalized spacial score (nSPS) is 18.1. The molecule has 3 N–H and O–H groups in total. The molecule has 122 valence electrons. The predicted molar refractivity (Wildman–Crippen MR) is 92.0 cm³/mol. The van der Waals surface area contributed by atoms with E-state index in [-0.39, 0.29) is 11.9 Å². The van der Waals surface area contributed by atoms with Crippen molar-refractivity contribution >= 4 is 17.3 Å². The van der Waals surface area contributed by atoms with Gasteiger partial charge in [0.2, 0.25) is 5.91 Å². The first-order valence-corrected chi connectivity index (χ1v) is 8.18. The van der Waals surface area contributed by atoms with Crippen LogP contribution < -0.4 is 11.1 Å². The summed E-state index contributed by atoms with van der Waals surface area (Å²) in [6.45, 7) is 11.3. The van der Waals surface area contributed by atoms with Crippen LogP contribution in [0.1, 0.15) is 25.8 Å². The van der Waals surface area contributed by atoms with Crippen LogP contribution >= 0.6 is 0 Å².